The summed E-state index contributed by atoms with van der Waals surface area (Å²) in [6.45, 7) is 4.05. The van der Waals surface area contributed by atoms with Crippen LogP contribution in [-0.2, 0) is 4.79 Å². The Morgan fingerprint density at radius 3 is 2.49 bits per heavy atom. The highest BCUT2D eigenvalue weighted by atomic mass is 32.2. The van der Waals surface area contributed by atoms with E-state index in [4.69, 9.17) is 0 Å². The fourth-order valence-corrected chi connectivity index (χ4v) is 4.31. The number of carboxylic acids is 1. The van der Waals surface area contributed by atoms with Crippen LogP contribution in [0.4, 0.5) is 5.69 Å². The predicted molar refractivity (Wildman–Crippen MR) is 137 cm³/mol. The summed E-state index contributed by atoms with van der Waals surface area (Å²) in [5.74, 6) is -0.906. The van der Waals surface area contributed by atoms with Crippen molar-refractivity contribution in [2.24, 2.45) is 0 Å². The molecule has 4 rings (SSSR count). The van der Waals surface area contributed by atoms with Crippen LogP contribution in [0.1, 0.15) is 41.4 Å². The molecule has 0 radical (unpaired) electrons. The number of nitriles is 1. The average molecular weight is 483 g/mol. The van der Waals surface area contributed by atoms with Gasteiger partial charge in [-0.1, -0.05) is 55.9 Å². The maximum Gasteiger partial charge on any atom is 0.336 e. The lowest BCUT2D eigenvalue weighted by atomic mass is 10.0. The van der Waals surface area contributed by atoms with Gasteiger partial charge in [-0.05, 0) is 42.3 Å². The fraction of sp³-hybridized carbons (Fsp3) is 0.148. The molecule has 0 fully saturated rings. The van der Waals surface area contributed by atoms with E-state index in [1.165, 1.54) is 11.8 Å². The van der Waals surface area contributed by atoms with E-state index in [1.807, 2.05) is 26.0 Å². The maximum atomic E-state index is 12.5. The Hall–Kier alpha value is -4.22. The summed E-state index contributed by atoms with van der Waals surface area (Å²) in [6.07, 6.45) is 0. The minimum atomic E-state index is -1.01. The lowest BCUT2D eigenvalue weighted by molar-refractivity contribution is -0.113. The number of benzene rings is 2. The molecule has 0 aliphatic rings. The zero-order valence-electron chi connectivity index (χ0n) is 19.1. The molecule has 174 valence electrons. The van der Waals surface area contributed by atoms with Crippen LogP contribution in [0, 0.1) is 11.3 Å². The molecule has 0 unspecified atom stereocenters. The molecule has 2 N–H and O–H groups in total. The number of aromatic carboxylic acids is 1. The molecule has 8 heteroatoms. The standard InChI is InChI=1S/C27H22N4O3S/c1-16(2)22-12-9-18(14-28)26(31-22)35-15-25(32)29-19-10-7-17(8-11-19)24-13-21(27(33)34)20-5-3-4-6-23(20)30-24/h3-13,16H,15H2,1-2H3,(H,29,32)(H,33,34). The van der Waals surface area contributed by atoms with Crippen molar-refractivity contribution in [3.05, 3.63) is 83.6 Å². The van der Waals surface area contributed by atoms with E-state index in [-0.39, 0.29) is 23.1 Å². The lowest BCUT2D eigenvalue weighted by Crippen LogP contribution is -2.14. The Morgan fingerprint density at radius 2 is 1.80 bits per heavy atom. The first-order valence-corrected chi connectivity index (χ1v) is 11.9. The second-order valence-corrected chi connectivity index (χ2v) is 9.11. The molecule has 0 saturated carbocycles. The van der Waals surface area contributed by atoms with Gasteiger partial charge in [-0.3, -0.25) is 4.79 Å². The molecule has 35 heavy (non-hydrogen) atoms. The van der Waals surface area contributed by atoms with Crippen LogP contribution >= 0.6 is 11.8 Å². The smallest absolute Gasteiger partial charge is 0.336 e. The Balaban J connectivity index is 1.47. The number of nitrogens with zero attached hydrogens (tertiary/aromatic N) is 3. The minimum absolute atomic E-state index is 0.110. The first-order valence-electron chi connectivity index (χ1n) is 10.9. The molecule has 0 spiro atoms. The summed E-state index contributed by atoms with van der Waals surface area (Å²) < 4.78 is 0. The third-order valence-electron chi connectivity index (χ3n) is 5.34. The van der Waals surface area contributed by atoms with Crippen molar-refractivity contribution in [1.29, 1.82) is 5.26 Å². The topological polar surface area (TPSA) is 116 Å². The molecule has 0 bridgehead atoms. The molecule has 0 saturated heterocycles. The van der Waals surface area contributed by atoms with E-state index in [9.17, 15) is 20.0 Å². The highest BCUT2D eigenvalue weighted by molar-refractivity contribution is 8.00. The summed E-state index contributed by atoms with van der Waals surface area (Å²) in [7, 11) is 0. The van der Waals surface area contributed by atoms with Crippen molar-refractivity contribution in [1.82, 2.24) is 9.97 Å². The first kappa shape index (κ1) is 23.9. The number of amides is 1. The number of fused-ring (bicyclic) bond motifs is 1. The number of carboxylic acid groups (broad SMARTS) is 1. The summed E-state index contributed by atoms with van der Waals surface area (Å²) in [4.78, 5) is 33.3. The van der Waals surface area contributed by atoms with Crippen LogP contribution in [0.25, 0.3) is 22.2 Å². The lowest BCUT2D eigenvalue weighted by Gasteiger charge is -2.10. The molecular weight excluding hydrogens is 460 g/mol. The summed E-state index contributed by atoms with van der Waals surface area (Å²) >= 11 is 1.22. The highest BCUT2D eigenvalue weighted by Crippen LogP contribution is 2.27. The SMILES string of the molecule is CC(C)c1ccc(C#N)c(SCC(=O)Nc2ccc(-c3cc(C(=O)O)c4ccccc4n3)cc2)n1. The molecule has 2 aromatic heterocycles. The molecule has 1 amide bonds. The van der Waals surface area contributed by atoms with Gasteiger partial charge in [0.1, 0.15) is 11.1 Å². The highest BCUT2D eigenvalue weighted by Gasteiger charge is 2.14. The second kappa shape index (κ2) is 10.4. The number of para-hydroxylation sites is 1. The van der Waals surface area contributed by atoms with Crippen molar-refractivity contribution in [3.8, 4) is 17.3 Å². The predicted octanol–water partition coefficient (Wildman–Crippen LogP) is 5.72. The monoisotopic (exact) mass is 482 g/mol. The largest absolute Gasteiger partial charge is 0.478 e. The van der Waals surface area contributed by atoms with Gasteiger partial charge in [-0.2, -0.15) is 5.26 Å². The average Bonchev–Trinajstić information content (AvgIpc) is 2.86. The summed E-state index contributed by atoms with van der Waals surface area (Å²) in [5.41, 5.74) is 3.98. The van der Waals surface area contributed by atoms with E-state index >= 15 is 0 Å². The normalized spacial score (nSPS) is 10.8. The molecular formula is C27H22N4O3S. The number of carbonyl (C=O) groups is 2. The van der Waals surface area contributed by atoms with Crippen molar-refractivity contribution < 1.29 is 14.7 Å². The third kappa shape index (κ3) is 5.48. The van der Waals surface area contributed by atoms with Crippen LogP contribution in [0.2, 0.25) is 0 Å². The third-order valence-corrected chi connectivity index (χ3v) is 6.34. The number of thioether (sulfide) groups is 1. The van der Waals surface area contributed by atoms with Gasteiger partial charge in [0.2, 0.25) is 5.91 Å². The van der Waals surface area contributed by atoms with Gasteiger partial charge < -0.3 is 10.4 Å². The zero-order valence-corrected chi connectivity index (χ0v) is 20.0. The number of nitrogens with one attached hydrogen (secondary N) is 1. The number of pyridine rings is 2. The molecule has 7 nitrogen and oxygen atoms in total. The molecule has 2 heterocycles. The number of hydrogen-bond donors (Lipinski definition) is 2. The molecule has 0 atom stereocenters. The van der Waals surface area contributed by atoms with E-state index < -0.39 is 5.97 Å². The van der Waals surface area contributed by atoms with Crippen LogP contribution in [0.15, 0.2) is 71.8 Å². The molecule has 4 aromatic rings. The second-order valence-electron chi connectivity index (χ2n) is 8.15. The Bertz CT molecular complexity index is 1460. The van der Waals surface area contributed by atoms with E-state index in [0.29, 0.717) is 32.9 Å². The summed E-state index contributed by atoms with van der Waals surface area (Å²) in [6, 6.07) is 21.4. The van der Waals surface area contributed by atoms with Crippen molar-refractivity contribution in [2.45, 2.75) is 24.8 Å². The molecule has 0 aliphatic heterocycles. The van der Waals surface area contributed by atoms with Gasteiger partial charge in [-0.25, -0.2) is 14.8 Å². The van der Waals surface area contributed by atoms with Crippen molar-refractivity contribution in [3.63, 3.8) is 0 Å². The van der Waals surface area contributed by atoms with Gasteiger partial charge in [0.05, 0.1) is 28.1 Å². The summed E-state index contributed by atoms with van der Waals surface area (Å²) in [5, 5.41) is 22.9. The molecule has 2 aromatic carbocycles. The Morgan fingerprint density at radius 1 is 1.06 bits per heavy atom. The fourth-order valence-electron chi connectivity index (χ4n) is 3.53. The molecule has 0 aliphatic carbocycles. The van der Waals surface area contributed by atoms with Crippen LogP contribution in [-0.4, -0.2) is 32.7 Å². The van der Waals surface area contributed by atoms with Crippen molar-refractivity contribution >= 4 is 40.2 Å². The van der Waals surface area contributed by atoms with E-state index in [2.05, 4.69) is 21.4 Å². The number of anilines is 1. The van der Waals surface area contributed by atoms with Gasteiger partial charge in [0.25, 0.3) is 0 Å². The zero-order chi connectivity index (χ0) is 24.9. The van der Waals surface area contributed by atoms with Gasteiger partial charge in [-0.15, -0.1) is 0 Å². The quantitative estimate of drug-likeness (QED) is 0.324. The van der Waals surface area contributed by atoms with Crippen LogP contribution in [0.3, 0.4) is 0 Å². The van der Waals surface area contributed by atoms with Gasteiger partial charge >= 0.3 is 5.97 Å². The minimum Gasteiger partial charge on any atom is -0.478 e. The van der Waals surface area contributed by atoms with Crippen molar-refractivity contribution in [2.75, 3.05) is 11.1 Å². The first-order chi connectivity index (χ1) is 16.9. The Kier molecular flexibility index (Phi) is 7.09. The number of rotatable bonds is 7. The van der Waals surface area contributed by atoms with Crippen LogP contribution in [0.5, 0.6) is 0 Å². The van der Waals surface area contributed by atoms with E-state index in [1.54, 1.807) is 54.6 Å². The van der Waals surface area contributed by atoms with E-state index in [0.717, 1.165) is 11.3 Å². The number of aromatic nitrogens is 2. The number of hydrogen-bond acceptors (Lipinski definition) is 6. The Labute approximate surface area is 206 Å². The maximum absolute atomic E-state index is 12.5. The van der Waals surface area contributed by atoms with Crippen LogP contribution < -0.4 is 5.32 Å². The number of carbonyl (C=O) groups excluding carboxylic acids is 1. The van der Waals surface area contributed by atoms with Gasteiger partial charge in [0.15, 0.2) is 0 Å². The van der Waals surface area contributed by atoms with Gasteiger partial charge in [0, 0.05) is 22.3 Å².